The average Bonchev–Trinajstić information content (AvgIpc) is 2.99. The number of halogens is 1. The minimum Gasteiger partial charge on any atom is -0.493 e. The highest BCUT2D eigenvalue weighted by atomic mass is 35.5. The first kappa shape index (κ1) is 22.7. The molecule has 162 valence electrons. The summed E-state index contributed by atoms with van der Waals surface area (Å²) in [4.78, 5) is 30.5. The van der Waals surface area contributed by atoms with Crippen LogP contribution in [0, 0.1) is 6.92 Å². The normalized spacial score (nSPS) is 16.3. The quantitative estimate of drug-likeness (QED) is 0.611. The fraction of sp³-hybridized carbons (Fsp3) is 0.227. The molecule has 0 spiro atoms. The van der Waals surface area contributed by atoms with E-state index < -0.39 is 5.97 Å². The van der Waals surface area contributed by atoms with Gasteiger partial charge in [-0.3, -0.25) is 9.69 Å². The van der Waals surface area contributed by atoms with Gasteiger partial charge in [-0.05, 0) is 67.1 Å². The topological polar surface area (TPSA) is 88.4 Å². The van der Waals surface area contributed by atoms with Crippen LogP contribution in [0.5, 0.6) is 11.5 Å². The zero-order chi connectivity index (χ0) is 22.7. The molecule has 0 radical (unpaired) electrons. The van der Waals surface area contributed by atoms with Crippen molar-refractivity contribution in [3.8, 4) is 11.5 Å². The maximum Gasteiger partial charge on any atom is 0.336 e. The number of carbonyl (C=O) groups excluding carboxylic acids is 1. The van der Waals surface area contributed by atoms with E-state index in [2.05, 4.69) is 4.99 Å². The lowest BCUT2D eigenvalue weighted by molar-refractivity contribution is -0.121. The van der Waals surface area contributed by atoms with Crippen molar-refractivity contribution in [1.82, 2.24) is 4.90 Å². The number of nitrogens with zero attached hydrogens (tertiary/aromatic N) is 2. The van der Waals surface area contributed by atoms with Crippen LogP contribution in [0.15, 0.2) is 40.2 Å². The van der Waals surface area contributed by atoms with Crippen molar-refractivity contribution in [3.05, 3.63) is 56.9 Å². The van der Waals surface area contributed by atoms with E-state index >= 15 is 0 Å². The van der Waals surface area contributed by atoms with Crippen molar-refractivity contribution >= 4 is 52.2 Å². The van der Waals surface area contributed by atoms with Gasteiger partial charge in [-0.25, -0.2) is 9.79 Å². The van der Waals surface area contributed by atoms with Crippen LogP contribution in [0.1, 0.15) is 28.4 Å². The molecule has 0 aromatic heterocycles. The number of amides is 1. The van der Waals surface area contributed by atoms with Crippen LogP contribution in [0.3, 0.4) is 0 Å². The van der Waals surface area contributed by atoms with Crippen LogP contribution < -0.4 is 9.47 Å². The third-order valence-corrected chi connectivity index (χ3v) is 5.93. The summed E-state index contributed by atoms with van der Waals surface area (Å²) < 4.78 is 10.9. The summed E-state index contributed by atoms with van der Waals surface area (Å²) in [5.41, 5.74) is 1.88. The number of carboxylic acids is 1. The highest BCUT2D eigenvalue weighted by molar-refractivity contribution is 8.18. The van der Waals surface area contributed by atoms with Gasteiger partial charge in [0.25, 0.3) is 5.91 Å². The molecule has 31 heavy (non-hydrogen) atoms. The Bertz CT molecular complexity index is 1110. The van der Waals surface area contributed by atoms with E-state index in [4.69, 9.17) is 21.1 Å². The smallest absolute Gasteiger partial charge is 0.336 e. The van der Waals surface area contributed by atoms with Gasteiger partial charge in [-0.15, -0.1) is 0 Å². The lowest BCUT2D eigenvalue weighted by atomic mass is 10.1. The van der Waals surface area contributed by atoms with Crippen LogP contribution in [0.2, 0.25) is 5.02 Å². The lowest BCUT2D eigenvalue weighted by Crippen LogP contribution is -2.23. The van der Waals surface area contributed by atoms with Crippen molar-refractivity contribution in [2.75, 3.05) is 20.8 Å². The number of ether oxygens (including phenoxy) is 2. The van der Waals surface area contributed by atoms with Gasteiger partial charge < -0.3 is 14.6 Å². The van der Waals surface area contributed by atoms with Crippen molar-refractivity contribution in [2.45, 2.75) is 13.8 Å². The second-order valence-electron chi connectivity index (χ2n) is 6.59. The van der Waals surface area contributed by atoms with Crippen molar-refractivity contribution in [3.63, 3.8) is 0 Å². The number of benzene rings is 2. The predicted octanol–water partition coefficient (Wildman–Crippen LogP) is 4.99. The number of thioether (sulfide) groups is 1. The highest BCUT2D eigenvalue weighted by Gasteiger charge is 2.31. The largest absolute Gasteiger partial charge is 0.493 e. The number of hydrogen-bond donors (Lipinski definition) is 1. The highest BCUT2D eigenvalue weighted by Crippen LogP contribution is 2.39. The minimum atomic E-state index is -1.02. The third-order valence-electron chi connectivity index (χ3n) is 4.59. The Hall–Kier alpha value is -2.97. The summed E-state index contributed by atoms with van der Waals surface area (Å²) in [6.07, 6.45) is 1.71. The second kappa shape index (κ2) is 9.45. The van der Waals surface area contributed by atoms with Crippen LogP contribution in [0.25, 0.3) is 6.08 Å². The number of likely N-dealkylation sites (N-methyl/N-ethyl adjacent to an activating group) is 1. The second-order valence-corrected chi connectivity index (χ2v) is 8.01. The minimum absolute atomic E-state index is 0.172. The molecule has 1 amide bonds. The van der Waals surface area contributed by atoms with Gasteiger partial charge in [0.15, 0.2) is 16.7 Å². The van der Waals surface area contributed by atoms with Gasteiger partial charge >= 0.3 is 5.97 Å². The molecule has 2 aromatic carbocycles. The molecule has 1 heterocycles. The Balaban J connectivity index is 1.96. The molecule has 0 saturated carbocycles. The van der Waals surface area contributed by atoms with Gasteiger partial charge in [0, 0.05) is 7.05 Å². The first-order valence-electron chi connectivity index (χ1n) is 9.36. The fourth-order valence-corrected chi connectivity index (χ4v) is 4.24. The molecule has 0 atom stereocenters. The Morgan fingerprint density at radius 1 is 1.35 bits per heavy atom. The van der Waals surface area contributed by atoms with Crippen LogP contribution in [-0.4, -0.2) is 47.8 Å². The Kier molecular flexibility index (Phi) is 6.92. The third kappa shape index (κ3) is 4.70. The number of aromatic carboxylic acids is 1. The predicted molar refractivity (Wildman–Crippen MR) is 123 cm³/mol. The van der Waals surface area contributed by atoms with E-state index in [1.165, 1.54) is 29.8 Å². The van der Waals surface area contributed by atoms with Crippen molar-refractivity contribution in [2.24, 2.45) is 4.99 Å². The van der Waals surface area contributed by atoms with E-state index in [0.717, 1.165) is 0 Å². The number of carboxylic acid groups (broad SMARTS) is 1. The van der Waals surface area contributed by atoms with Gasteiger partial charge in [-0.2, -0.15) is 0 Å². The molecule has 3 rings (SSSR count). The summed E-state index contributed by atoms with van der Waals surface area (Å²) in [5.74, 6) is -0.322. The summed E-state index contributed by atoms with van der Waals surface area (Å²) in [7, 11) is 3.14. The molecule has 1 saturated heterocycles. The summed E-state index contributed by atoms with van der Waals surface area (Å²) in [5, 5.41) is 10.1. The van der Waals surface area contributed by atoms with Gasteiger partial charge in [0.2, 0.25) is 0 Å². The molecule has 1 N–H and O–H groups in total. The first-order chi connectivity index (χ1) is 14.8. The molecular formula is C22H21ClN2O5S. The monoisotopic (exact) mass is 460 g/mol. The van der Waals surface area contributed by atoms with Gasteiger partial charge in [-0.1, -0.05) is 17.7 Å². The van der Waals surface area contributed by atoms with E-state index in [-0.39, 0.29) is 11.5 Å². The maximum atomic E-state index is 12.8. The number of amidine groups is 1. The Morgan fingerprint density at radius 3 is 2.74 bits per heavy atom. The fourth-order valence-electron chi connectivity index (χ4n) is 2.99. The first-order valence-corrected chi connectivity index (χ1v) is 10.6. The van der Waals surface area contributed by atoms with Crippen LogP contribution in [0.4, 0.5) is 5.69 Å². The summed E-state index contributed by atoms with van der Waals surface area (Å²) in [6.45, 7) is 3.98. The molecule has 0 unspecified atom stereocenters. The van der Waals surface area contributed by atoms with Crippen molar-refractivity contribution < 1.29 is 24.2 Å². The molecule has 2 aromatic rings. The maximum absolute atomic E-state index is 12.8. The molecular weight excluding hydrogens is 440 g/mol. The van der Waals surface area contributed by atoms with Crippen molar-refractivity contribution in [1.29, 1.82) is 0 Å². The number of rotatable bonds is 6. The lowest BCUT2D eigenvalue weighted by Gasteiger charge is -2.12. The van der Waals surface area contributed by atoms with Crippen LogP contribution >= 0.6 is 23.4 Å². The summed E-state index contributed by atoms with van der Waals surface area (Å²) >= 11 is 7.53. The van der Waals surface area contributed by atoms with E-state index in [1.54, 1.807) is 44.3 Å². The Labute approximate surface area is 189 Å². The van der Waals surface area contributed by atoms with E-state index in [0.29, 0.717) is 50.0 Å². The van der Waals surface area contributed by atoms with Crippen LogP contribution in [-0.2, 0) is 4.79 Å². The molecule has 0 aliphatic carbocycles. The summed E-state index contributed by atoms with van der Waals surface area (Å²) in [6, 6.07) is 8.31. The van der Waals surface area contributed by atoms with E-state index in [1.807, 2.05) is 6.92 Å². The van der Waals surface area contributed by atoms with E-state index in [9.17, 15) is 14.7 Å². The number of methoxy groups -OCH3 is 1. The molecule has 1 aliphatic heterocycles. The standard InChI is InChI=1S/C22H21ClN2O5S/c1-5-30-19-15(23)9-13(10-17(19)29-4)11-18-20(26)25(3)22(31-18)24-16-8-6-7-14(12(16)2)21(27)28/h6-11H,5H2,1-4H3,(H,27,28)/b18-11-,24-22?. The molecule has 1 fully saturated rings. The molecule has 7 nitrogen and oxygen atoms in total. The molecule has 9 heteroatoms. The molecule has 1 aliphatic rings. The van der Waals surface area contributed by atoms with Gasteiger partial charge in [0.1, 0.15) is 0 Å². The number of hydrogen-bond acceptors (Lipinski definition) is 6. The zero-order valence-corrected chi connectivity index (χ0v) is 19.0. The number of aliphatic imine (C=N–C) groups is 1. The molecule has 0 bridgehead atoms. The number of carbonyl (C=O) groups is 2. The SMILES string of the molecule is CCOc1c(Cl)cc(/C=C2\SC(=Nc3cccc(C(=O)O)c3C)N(C)C2=O)cc1OC. The van der Waals surface area contributed by atoms with Gasteiger partial charge in [0.05, 0.1) is 34.9 Å². The zero-order valence-electron chi connectivity index (χ0n) is 17.4. The average molecular weight is 461 g/mol. The Morgan fingerprint density at radius 2 is 2.10 bits per heavy atom.